The van der Waals surface area contributed by atoms with E-state index in [0.717, 1.165) is 0 Å². The first-order chi connectivity index (χ1) is 4.57. The van der Waals surface area contributed by atoms with Crippen molar-refractivity contribution < 1.29 is 9.53 Å². The van der Waals surface area contributed by atoms with Crippen LogP contribution >= 0.6 is 12.6 Å². The lowest BCUT2D eigenvalue weighted by molar-refractivity contribution is 0.136. The molecule has 0 saturated heterocycles. The van der Waals surface area contributed by atoms with Gasteiger partial charge >= 0.3 is 6.09 Å². The molecule has 0 aliphatic carbocycles. The Kier molecular flexibility index (Phi) is 3.87. The van der Waals surface area contributed by atoms with E-state index in [9.17, 15) is 4.79 Å². The summed E-state index contributed by atoms with van der Waals surface area (Å²) in [5.74, 6) is 0. The minimum absolute atomic E-state index is 0.0111. The molecule has 1 radical (unpaired) electrons. The van der Waals surface area contributed by atoms with Gasteiger partial charge in [0.2, 0.25) is 0 Å². The third kappa shape index (κ3) is 3.34. The molecule has 1 atom stereocenters. The lowest BCUT2D eigenvalue weighted by Crippen LogP contribution is -2.23. The quantitative estimate of drug-likeness (QED) is 0.355. The SMILES string of the molecule is C[N]C(=O)OC(C)C(=N)S. The van der Waals surface area contributed by atoms with Gasteiger partial charge in [0.15, 0.2) is 0 Å². The number of carbonyl (C=O) groups is 1. The fraction of sp³-hybridized carbons (Fsp3) is 0.600. The molecule has 1 unspecified atom stereocenters. The van der Waals surface area contributed by atoms with Crippen LogP contribution in [0.25, 0.3) is 0 Å². The molecule has 0 aromatic carbocycles. The predicted octanol–water partition coefficient (Wildman–Crippen LogP) is 0.653. The molecule has 1 amide bonds. The Morgan fingerprint density at radius 1 is 1.80 bits per heavy atom. The molecule has 0 spiro atoms. The predicted molar refractivity (Wildman–Crippen MR) is 40.7 cm³/mol. The van der Waals surface area contributed by atoms with Crippen molar-refractivity contribution in [2.45, 2.75) is 13.0 Å². The molecule has 10 heavy (non-hydrogen) atoms. The average molecular weight is 161 g/mol. The smallest absolute Gasteiger partial charge is 0.429 e. The molecule has 0 saturated carbocycles. The molecule has 5 heteroatoms. The van der Waals surface area contributed by atoms with Gasteiger partial charge in [-0.25, -0.2) is 10.1 Å². The van der Waals surface area contributed by atoms with Crippen molar-refractivity contribution in [1.29, 1.82) is 5.41 Å². The fourth-order valence-corrected chi connectivity index (χ4v) is 0.312. The van der Waals surface area contributed by atoms with E-state index in [1.54, 1.807) is 6.92 Å². The number of hydrogen-bond donors (Lipinski definition) is 2. The van der Waals surface area contributed by atoms with Crippen LogP contribution in [0.5, 0.6) is 0 Å². The summed E-state index contributed by atoms with van der Waals surface area (Å²) in [4.78, 5) is 10.4. The number of thiol groups is 1. The van der Waals surface area contributed by atoms with Gasteiger partial charge in [0.05, 0.1) is 0 Å². The highest BCUT2D eigenvalue weighted by Gasteiger charge is 2.09. The van der Waals surface area contributed by atoms with E-state index in [2.05, 4.69) is 22.7 Å². The highest BCUT2D eigenvalue weighted by Crippen LogP contribution is 1.96. The van der Waals surface area contributed by atoms with Gasteiger partial charge in [0.25, 0.3) is 0 Å². The maximum atomic E-state index is 10.4. The Balaban J connectivity index is 3.68. The van der Waals surface area contributed by atoms with Gasteiger partial charge < -0.3 is 4.74 Å². The first-order valence-corrected chi connectivity index (χ1v) is 3.10. The van der Waals surface area contributed by atoms with Crippen LogP contribution in [0.4, 0.5) is 4.79 Å². The topological polar surface area (TPSA) is 64.2 Å². The highest BCUT2D eigenvalue weighted by molar-refractivity contribution is 7.97. The molecule has 0 bridgehead atoms. The summed E-state index contributed by atoms with van der Waals surface area (Å²) in [6.07, 6.45) is -1.27. The second kappa shape index (κ2) is 4.16. The fourth-order valence-electron chi connectivity index (χ4n) is 0.260. The standard InChI is InChI=1S/C5H9N2O2S/c1-3(4(6)10)9-5(8)7-2/h3H,1-2H3,(H2,6,10). The molecular weight excluding hydrogens is 152 g/mol. The van der Waals surface area contributed by atoms with E-state index in [1.807, 2.05) is 0 Å². The molecular formula is C5H9N2O2S. The summed E-state index contributed by atoms with van der Waals surface area (Å²) in [7, 11) is 1.33. The zero-order chi connectivity index (χ0) is 8.15. The van der Waals surface area contributed by atoms with E-state index >= 15 is 0 Å². The lowest BCUT2D eigenvalue weighted by Gasteiger charge is -2.08. The van der Waals surface area contributed by atoms with E-state index in [4.69, 9.17) is 5.41 Å². The normalized spacial score (nSPS) is 11.9. The van der Waals surface area contributed by atoms with Gasteiger partial charge in [-0.2, -0.15) is 0 Å². The van der Waals surface area contributed by atoms with Crippen molar-refractivity contribution in [2.75, 3.05) is 7.05 Å². The number of ether oxygens (including phenoxy) is 1. The van der Waals surface area contributed by atoms with Crippen molar-refractivity contribution in [3.63, 3.8) is 0 Å². The zero-order valence-corrected chi connectivity index (χ0v) is 6.68. The Morgan fingerprint density at radius 2 is 2.30 bits per heavy atom. The molecule has 0 aromatic rings. The molecule has 0 rings (SSSR count). The monoisotopic (exact) mass is 161 g/mol. The number of amides is 1. The van der Waals surface area contributed by atoms with E-state index in [1.165, 1.54) is 7.05 Å². The lowest BCUT2D eigenvalue weighted by atomic mass is 10.4. The van der Waals surface area contributed by atoms with Crippen LogP contribution in [0.1, 0.15) is 6.92 Å². The van der Waals surface area contributed by atoms with Gasteiger partial charge in [0.1, 0.15) is 11.1 Å². The summed E-state index contributed by atoms with van der Waals surface area (Å²) in [5, 5.41) is 10.1. The minimum atomic E-state index is -0.675. The summed E-state index contributed by atoms with van der Waals surface area (Å²) < 4.78 is 4.55. The van der Waals surface area contributed by atoms with E-state index < -0.39 is 12.2 Å². The number of hydrogen-bond acceptors (Lipinski definition) is 3. The van der Waals surface area contributed by atoms with Crippen molar-refractivity contribution in [1.82, 2.24) is 5.32 Å². The molecule has 4 nitrogen and oxygen atoms in total. The molecule has 0 aromatic heterocycles. The molecule has 1 N–H and O–H groups in total. The minimum Gasteiger partial charge on any atom is -0.438 e. The van der Waals surface area contributed by atoms with Gasteiger partial charge in [0, 0.05) is 7.05 Å². The third-order valence-electron chi connectivity index (χ3n) is 0.845. The molecule has 57 valence electrons. The van der Waals surface area contributed by atoms with Crippen LogP contribution in [0.3, 0.4) is 0 Å². The first kappa shape index (κ1) is 9.29. The Morgan fingerprint density at radius 3 is 2.60 bits per heavy atom. The number of nitrogens with zero attached hydrogens (tertiary/aromatic N) is 1. The second-order valence-corrected chi connectivity index (χ2v) is 2.12. The summed E-state index contributed by atoms with van der Waals surface area (Å²) >= 11 is 3.67. The van der Waals surface area contributed by atoms with E-state index in [-0.39, 0.29) is 5.04 Å². The first-order valence-electron chi connectivity index (χ1n) is 2.65. The Hall–Kier alpha value is -0.710. The van der Waals surface area contributed by atoms with Crippen LogP contribution in [0, 0.1) is 5.41 Å². The number of nitrogens with one attached hydrogen (secondary N) is 1. The Bertz CT molecular complexity index is 149. The summed E-state index contributed by atoms with van der Waals surface area (Å²) in [5.41, 5.74) is 0. The summed E-state index contributed by atoms with van der Waals surface area (Å²) in [6.45, 7) is 1.55. The Labute approximate surface area is 64.9 Å². The van der Waals surface area contributed by atoms with Crippen molar-refractivity contribution in [3.05, 3.63) is 0 Å². The van der Waals surface area contributed by atoms with Crippen LogP contribution in [-0.2, 0) is 4.74 Å². The second-order valence-electron chi connectivity index (χ2n) is 1.63. The maximum Gasteiger partial charge on any atom is 0.429 e. The average Bonchev–Trinajstić information content (AvgIpc) is 1.87. The van der Waals surface area contributed by atoms with Crippen LogP contribution in [-0.4, -0.2) is 24.3 Å². The third-order valence-corrected chi connectivity index (χ3v) is 1.21. The zero-order valence-electron chi connectivity index (χ0n) is 5.79. The maximum absolute atomic E-state index is 10.4. The van der Waals surface area contributed by atoms with Gasteiger partial charge in [-0.3, -0.25) is 5.41 Å². The number of rotatable bonds is 2. The molecule has 0 heterocycles. The van der Waals surface area contributed by atoms with Crippen LogP contribution in [0.2, 0.25) is 0 Å². The van der Waals surface area contributed by atoms with Crippen LogP contribution in [0.15, 0.2) is 0 Å². The highest BCUT2D eigenvalue weighted by atomic mass is 32.1. The van der Waals surface area contributed by atoms with Gasteiger partial charge in [-0.05, 0) is 6.92 Å². The molecule has 0 fully saturated rings. The largest absolute Gasteiger partial charge is 0.438 e. The molecule has 0 aliphatic rings. The van der Waals surface area contributed by atoms with Crippen molar-refractivity contribution in [2.24, 2.45) is 0 Å². The molecule has 0 aliphatic heterocycles. The number of carbonyl (C=O) groups excluding carboxylic acids is 1. The van der Waals surface area contributed by atoms with Crippen molar-refractivity contribution >= 4 is 23.8 Å². The summed E-state index contributed by atoms with van der Waals surface area (Å²) in [6, 6.07) is 0. The van der Waals surface area contributed by atoms with Crippen molar-refractivity contribution in [3.8, 4) is 0 Å². The van der Waals surface area contributed by atoms with Gasteiger partial charge in [-0.15, -0.1) is 12.6 Å². The van der Waals surface area contributed by atoms with Gasteiger partial charge in [-0.1, -0.05) is 0 Å². The van der Waals surface area contributed by atoms with E-state index in [0.29, 0.717) is 0 Å². The van der Waals surface area contributed by atoms with Crippen LogP contribution < -0.4 is 5.32 Å².